The van der Waals surface area contributed by atoms with Gasteiger partial charge in [0.15, 0.2) is 6.61 Å². The maximum absolute atomic E-state index is 14.0. The van der Waals surface area contributed by atoms with Crippen LogP contribution in [-0.4, -0.2) is 46.2 Å². The molecule has 1 amide bonds. The number of fused-ring (bicyclic) bond motifs is 3. The van der Waals surface area contributed by atoms with Crippen molar-refractivity contribution in [2.45, 2.75) is 76.0 Å². The third-order valence-electron chi connectivity index (χ3n) is 9.83. The summed E-state index contributed by atoms with van der Waals surface area (Å²) in [5, 5.41) is 0. The highest BCUT2D eigenvalue weighted by molar-refractivity contribution is 5.95. The average molecular weight is 533 g/mol. The molecule has 4 saturated carbocycles. The molecule has 39 heavy (non-hydrogen) atoms. The number of carbonyl (C=O) groups excluding carboxylic acids is 2. The normalized spacial score (nSPS) is 24.7. The van der Waals surface area contributed by atoms with Crippen molar-refractivity contribution in [2.75, 3.05) is 44.2 Å². The first-order chi connectivity index (χ1) is 18.8. The molecule has 0 atom stereocenters. The van der Waals surface area contributed by atoms with E-state index in [1.165, 1.54) is 44.0 Å². The lowest BCUT2D eigenvalue weighted by Crippen LogP contribution is -2.51. The van der Waals surface area contributed by atoms with E-state index in [1.54, 1.807) is 0 Å². The molecular formula is C33H44N2O4. The highest BCUT2D eigenvalue weighted by Gasteiger charge is 2.50. The highest BCUT2D eigenvalue weighted by Crippen LogP contribution is 2.58. The van der Waals surface area contributed by atoms with E-state index in [0.717, 1.165) is 57.2 Å². The quantitative estimate of drug-likeness (QED) is 0.345. The van der Waals surface area contributed by atoms with Crippen LogP contribution in [0.15, 0.2) is 48.5 Å². The maximum atomic E-state index is 14.0. The smallest absolute Gasteiger partial charge is 0.343 e. The van der Waals surface area contributed by atoms with Crippen LogP contribution in [-0.2, 0) is 19.7 Å². The minimum absolute atomic E-state index is 0.0938. The maximum Gasteiger partial charge on any atom is 0.343 e. The van der Waals surface area contributed by atoms with Gasteiger partial charge in [0, 0.05) is 44.0 Å². The Morgan fingerprint density at radius 3 is 2.15 bits per heavy atom. The Labute approximate surface area is 233 Å². The van der Waals surface area contributed by atoms with Gasteiger partial charge < -0.3 is 19.3 Å². The monoisotopic (exact) mass is 532 g/mol. The van der Waals surface area contributed by atoms with Crippen molar-refractivity contribution in [2.24, 2.45) is 11.3 Å². The number of hydrogen-bond acceptors (Lipinski definition) is 5. The summed E-state index contributed by atoms with van der Waals surface area (Å²) in [5.41, 5.74) is 4.02. The van der Waals surface area contributed by atoms with Crippen LogP contribution < -0.4 is 14.5 Å². The number of carbonyl (C=O) groups is 2. The predicted molar refractivity (Wildman–Crippen MR) is 155 cm³/mol. The van der Waals surface area contributed by atoms with Crippen molar-refractivity contribution in [1.29, 1.82) is 0 Å². The Hall–Kier alpha value is -3.02. The Morgan fingerprint density at radius 2 is 1.54 bits per heavy atom. The molecule has 2 aromatic rings. The lowest BCUT2D eigenvalue weighted by atomic mass is 9.51. The number of anilines is 2. The van der Waals surface area contributed by atoms with Gasteiger partial charge in [-0.25, -0.2) is 4.79 Å². The number of benzene rings is 2. The van der Waals surface area contributed by atoms with Crippen LogP contribution in [0, 0.1) is 11.3 Å². The fraction of sp³-hybridized carbons (Fsp3) is 0.576. The first-order valence-corrected chi connectivity index (χ1v) is 14.7. The van der Waals surface area contributed by atoms with E-state index in [0.29, 0.717) is 5.75 Å². The number of hydrogen-bond donors (Lipinski definition) is 0. The van der Waals surface area contributed by atoms with Crippen molar-refractivity contribution >= 4 is 23.3 Å². The number of ether oxygens (including phenoxy) is 2. The third kappa shape index (κ3) is 5.95. The van der Waals surface area contributed by atoms with Crippen LogP contribution in [0.25, 0.3) is 0 Å². The summed E-state index contributed by atoms with van der Waals surface area (Å²) in [6.07, 6.45) is 12.4. The molecule has 4 fully saturated rings. The molecule has 4 aliphatic carbocycles. The van der Waals surface area contributed by atoms with Crippen molar-refractivity contribution in [3.63, 3.8) is 0 Å². The topological polar surface area (TPSA) is 59.1 Å². The van der Waals surface area contributed by atoms with E-state index in [9.17, 15) is 9.59 Å². The molecule has 6 nitrogen and oxygen atoms in total. The summed E-state index contributed by atoms with van der Waals surface area (Å²) in [6, 6.07) is 16.9. The summed E-state index contributed by atoms with van der Waals surface area (Å²) in [6.45, 7) is 0.622. The number of rotatable bonds is 9. The molecule has 0 radical (unpaired) electrons. The van der Waals surface area contributed by atoms with Crippen molar-refractivity contribution in [3.8, 4) is 5.75 Å². The minimum Gasteiger partial charge on any atom is -0.482 e. The summed E-state index contributed by atoms with van der Waals surface area (Å²) >= 11 is 0. The van der Waals surface area contributed by atoms with Crippen molar-refractivity contribution in [1.82, 2.24) is 0 Å². The zero-order valence-corrected chi connectivity index (χ0v) is 23.9. The lowest BCUT2D eigenvalue weighted by Gasteiger charge is -2.55. The fourth-order valence-corrected chi connectivity index (χ4v) is 7.19. The number of nitrogens with zero attached hydrogens (tertiary/aromatic N) is 2. The van der Waals surface area contributed by atoms with E-state index in [2.05, 4.69) is 48.2 Å². The zero-order valence-electron chi connectivity index (χ0n) is 23.9. The van der Waals surface area contributed by atoms with Gasteiger partial charge in [-0.3, -0.25) is 4.79 Å². The van der Waals surface area contributed by atoms with Crippen molar-refractivity contribution in [3.05, 3.63) is 54.1 Å². The van der Waals surface area contributed by atoms with Gasteiger partial charge >= 0.3 is 5.97 Å². The molecule has 2 bridgehead atoms. The molecule has 210 valence electrons. The highest BCUT2D eigenvalue weighted by atomic mass is 16.6. The molecule has 6 rings (SSSR count). The van der Waals surface area contributed by atoms with E-state index >= 15 is 0 Å². The molecule has 6 heteroatoms. The fourth-order valence-electron chi connectivity index (χ4n) is 7.19. The van der Waals surface area contributed by atoms with Crippen LogP contribution in [0.3, 0.4) is 0 Å². The molecule has 0 N–H and O–H groups in total. The second-order valence-electron chi connectivity index (χ2n) is 12.3. The first-order valence-electron chi connectivity index (χ1n) is 14.7. The second-order valence-corrected chi connectivity index (χ2v) is 12.3. The number of esters is 1. The van der Waals surface area contributed by atoms with Crippen LogP contribution >= 0.6 is 0 Å². The van der Waals surface area contributed by atoms with Gasteiger partial charge in [0.05, 0.1) is 7.11 Å². The SMILES string of the molecule is COC(=O)COc1cccc(N(CC23CCC(c4ccc(N(C)C)cc4)(CC2)CC3)C(=O)C2CCCCC2)c1. The molecule has 0 unspecified atom stereocenters. The van der Waals surface area contributed by atoms with E-state index < -0.39 is 5.97 Å². The molecule has 4 aliphatic rings. The number of methoxy groups -OCH3 is 1. The van der Waals surface area contributed by atoms with Crippen LogP contribution in [0.4, 0.5) is 11.4 Å². The first kappa shape index (κ1) is 27.5. The summed E-state index contributed by atoms with van der Waals surface area (Å²) < 4.78 is 10.4. The average Bonchev–Trinajstić information content (AvgIpc) is 3.00. The van der Waals surface area contributed by atoms with E-state index in [-0.39, 0.29) is 29.3 Å². The van der Waals surface area contributed by atoms with Gasteiger partial charge in [-0.2, -0.15) is 0 Å². The minimum atomic E-state index is -0.418. The molecular weight excluding hydrogens is 488 g/mol. The second kappa shape index (κ2) is 11.6. The van der Waals surface area contributed by atoms with Gasteiger partial charge in [-0.05, 0) is 92.0 Å². The summed E-state index contributed by atoms with van der Waals surface area (Å²) in [4.78, 5) is 29.9. The molecule has 2 aromatic carbocycles. The Morgan fingerprint density at radius 1 is 0.872 bits per heavy atom. The van der Waals surface area contributed by atoms with Crippen LogP contribution in [0.5, 0.6) is 5.75 Å². The van der Waals surface area contributed by atoms with Gasteiger partial charge in [0.2, 0.25) is 5.91 Å². The predicted octanol–water partition coefficient (Wildman–Crippen LogP) is 6.51. The lowest BCUT2D eigenvalue weighted by molar-refractivity contribution is -0.142. The van der Waals surface area contributed by atoms with E-state index in [1.807, 2.05) is 24.3 Å². The Bertz CT molecular complexity index is 1130. The Balaban J connectivity index is 1.35. The Kier molecular flexibility index (Phi) is 8.20. The standard InChI is InChI=1S/C33H44N2O4/c1-34(2)27-14-12-26(13-15-27)33-19-16-32(17-20-33,18-21-33)24-35(31(37)25-8-5-4-6-9-25)28-10-7-11-29(22-28)39-23-30(36)38-3/h7,10-15,22,25H,4-6,8-9,16-21,23-24H2,1-3H3. The largest absolute Gasteiger partial charge is 0.482 e. The van der Waals surface area contributed by atoms with E-state index in [4.69, 9.17) is 9.47 Å². The van der Waals surface area contributed by atoms with Crippen LogP contribution in [0.1, 0.15) is 76.2 Å². The van der Waals surface area contributed by atoms with Crippen molar-refractivity contribution < 1.29 is 19.1 Å². The molecule has 0 heterocycles. The van der Waals surface area contributed by atoms with Gasteiger partial charge in [0.25, 0.3) is 0 Å². The molecule has 0 aromatic heterocycles. The van der Waals surface area contributed by atoms with Gasteiger partial charge in [-0.1, -0.05) is 37.5 Å². The van der Waals surface area contributed by atoms with Crippen LogP contribution in [0.2, 0.25) is 0 Å². The zero-order chi connectivity index (χ0) is 27.5. The summed E-state index contributed by atoms with van der Waals surface area (Å²) in [7, 11) is 5.53. The molecule has 0 aliphatic heterocycles. The third-order valence-corrected chi connectivity index (χ3v) is 9.83. The van der Waals surface area contributed by atoms with Gasteiger partial charge in [0.1, 0.15) is 5.75 Å². The number of amides is 1. The molecule has 0 saturated heterocycles. The van der Waals surface area contributed by atoms with Gasteiger partial charge in [-0.15, -0.1) is 0 Å². The molecule has 0 spiro atoms. The summed E-state index contributed by atoms with van der Waals surface area (Å²) in [5.74, 6) is 0.523.